The summed E-state index contributed by atoms with van der Waals surface area (Å²) in [5, 5.41) is 10.3. The van der Waals surface area contributed by atoms with Crippen molar-refractivity contribution in [2.45, 2.75) is 13.3 Å². The van der Waals surface area contributed by atoms with E-state index in [0.717, 1.165) is 6.92 Å². The summed E-state index contributed by atoms with van der Waals surface area (Å²) in [6.45, 7) is 1.15. The first kappa shape index (κ1) is 12.2. The lowest BCUT2D eigenvalue weighted by Crippen LogP contribution is -2.18. The molecule has 0 aromatic heterocycles. The van der Waals surface area contributed by atoms with Crippen LogP contribution >= 0.6 is 0 Å². The molecule has 0 aliphatic rings. The van der Waals surface area contributed by atoms with Crippen LogP contribution in [0.3, 0.4) is 0 Å². The zero-order chi connectivity index (χ0) is 12.5. The Morgan fingerprint density at radius 1 is 1.38 bits per heavy atom. The first-order valence-corrected chi connectivity index (χ1v) is 3.91. The number of halogens is 4. The molecule has 1 aromatic carbocycles. The van der Waals surface area contributed by atoms with E-state index in [1.54, 1.807) is 0 Å². The van der Waals surface area contributed by atoms with Crippen molar-refractivity contribution in [2.24, 2.45) is 0 Å². The highest BCUT2D eigenvalue weighted by atomic mass is 19.4. The van der Waals surface area contributed by atoms with E-state index >= 15 is 0 Å². The SMILES string of the molecule is Cc1cc(F)c([N+](=O)[O-])cc1OC(F)(F)F. The maximum Gasteiger partial charge on any atom is 0.573 e. The molecule has 0 atom stereocenters. The number of nitro benzene ring substituents is 1. The summed E-state index contributed by atoms with van der Waals surface area (Å²) in [6.07, 6.45) is -4.98. The Morgan fingerprint density at radius 3 is 2.38 bits per heavy atom. The predicted molar refractivity (Wildman–Crippen MR) is 44.5 cm³/mol. The minimum absolute atomic E-state index is 0.180. The fourth-order valence-corrected chi connectivity index (χ4v) is 1.02. The Bertz CT molecular complexity index is 430. The zero-order valence-electron chi connectivity index (χ0n) is 7.84. The van der Waals surface area contributed by atoms with E-state index in [4.69, 9.17) is 0 Å². The van der Waals surface area contributed by atoms with E-state index in [1.807, 2.05) is 0 Å². The molecule has 16 heavy (non-hydrogen) atoms. The third kappa shape index (κ3) is 2.81. The smallest absolute Gasteiger partial charge is 0.405 e. The third-order valence-corrected chi connectivity index (χ3v) is 1.67. The van der Waals surface area contributed by atoms with Crippen LogP contribution in [0.5, 0.6) is 5.75 Å². The van der Waals surface area contributed by atoms with Crippen LogP contribution < -0.4 is 4.74 Å². The quantitative estimate of drug-likeness (QED) is 0.453. The Labute approximate surface area is 86.6 Å². The molecule has 0 amide bonds. The van der Waals surface area contributed by atoms with Gasteiger partial charge in [0.25, 0.3) is 0 Å². The van der Waals surface area contributed by atoms with E-state index in [9.17, 15) is 27.7 Å². The highest BCUT2D eigenvalue weighted by molar-refractivity contribution is 5.45. The van der Waals surface area contributed by atoms with Crippen LogP contribution in [0.2, 0.25) is 0 Å². The van der Waals surface area contributed by atoms with Crippen molar-refractivity contribution in [3.05, 3.63) is 33.6 Å². The number of nitrogens with zero attached hydrogens (tertiary/aromatic N) is 1. The molecule has 0 bridgehead atoms. The number of alkyl halides is 3. The van der Waals surface area contributed by atoms with Gasteiger partial charge in [0, 0.05) is 0 Å². The van der Waals surface area contributed by atoms with Gasteiger partial charge in [-0.3, -0.25) is 10.1 Å². The maximum absolute atomic E-state index is 12.9. The van der Waals surface area contributed by atoms with Crippen molar-refractivity contribution in [2.75, 3.05) is 0 Å². The molecule has 0 unspecified atom stereocenters. The molecular weight excluding hydrogens is 234 g/mol. The molecule has 88 valence electrons. The molecule has 0 heterocycles. The average Bonchev–Trinajstić information content (AvgIpc) is 2.07. The van der Waals surface area contributed by atoms with Crippen LogP contribution in [-0.2, 0) is 0 Å². The molecule has 0 aliphatic heterocycles. The molecule has 0 spiro atoms. The summed E-state index contributed by atoms with van der Waals surface area (Å²) in [7, 11) is 0. The number of ether oxygens (including phenoxy) is 1. The fraction of sp³-hybridized carbons (Fsp3) is 0.250. The molecule has 0 N–H and O–H groups in total. The largest absolute Gasteiger partial charge is 0.573 e. The van der Waals surface area contributed by atoms with Gasteiger partial charge in [-0.05, 0) is 18.6 Å². The Morgan fingerprint density at radius 2 is 1.94 bits per heavy atom. The van der Waals surface area contributed by atoms with E-state index in [-0.39, 0.29) is 5.56 Å². The monoisotopic (exact) mass is 239 g/mol. The second-order valence-corrected chi connectivity index (χ2v) is 2.87. The predicted octanol–water partition coefficient (Wildman–Crippen LogP) is 2.94. The van der Waals surface area contributed by atoms with E-state index in [0.29, 0.717) is 12.1 Å². The van der Waals surface area contributed by atoms with Crippen molar-refractivity contribution in [3.8, 4) is 5.75 Å². The van der Waals surface area contributed by atoms with E-state index < -0.39 is 28.5 Å². The lowest BCUT2D eigenvalue weighted by Gasteiger charge is -2.10. The number of hydrogen-bond acceptors (Lipinski definition) is 3. The van der Waals surface area contributed by atoms with Gasteiger partial charge < -0.3 is 4.74 Å². The van der Waals surface area contributed by atoms with Crippen LogP contribution in [-0.4, -0.2) is 11.3 Å². The summed E-state index contributed by atoms with van der Waals surface area (Å²) in [5.41, 5.74) is -1.25. The van der Waals surface area contributed by atoms with Gasteiger partial charge in [0.2, 0.25) is 5.82 Å². The minimum Gasteiger partial charge on any atom is -0.405 e. The topological polar surface area (TPSA) is 52.4 Å². The summed E-state index contributed by atoms with van der Waals surface area (Å²) in [6, 6.07) is 1.01. The summed E-state index contributed by atoms with van der Waals surface area (Å²) >= 11 is 0. The van der Waals surface area contributed by atoms with E-state index in [2.05, 4.69) is 4.74 Å². The lowest BCUT2D eigenvalue weighted by molar-refractivity contribution is -0.387. The second-order valence-electron chi connectivity index (χ2n) is 2.87. The molecule has 0 radical (unpaired) electrons. The van der Waals surface area contributed by atoms with Crippen molar-refractivity contribution < 1.29 is 27.2 Å². The van der Waals surface area contributed by atoms with Gasteiger partial charge in [-0.15, -0.1) is 13.2 Å². The van der Waals surface area contributed by atoms with E-state index in [1.165, 1.54) is 0 Å². The van der Waals surface area contributed by atoms with Gasteiger partial charge in [-0.1, -0.05) is 0 Å². The summed E-state index contributed by atoms with van der Waals surface area (Å²) < 4.78 is 52.0. The number of rotatable bonds is 2. The molecule has 4 nitrogen and oxygen atoms in total. The van der Waals surface area contributed by atoms with Gasteiger partial charge in [0.15, 0.2) is 0 Å². The Hall–Kier alpha value is -1.86. The van der Waals surface area contributed by atoms with Crippen molar-refractivity contribution >= 4 is 5.69 Å². The summed E-state index contributed by atoms with van der Waals surface area (Å²) in [4.78, 5) is 9.15. The first-order valence-electron chi connectivity index (χ1n) is 3.91. The van der Waals surface area contributed by atoms with Gasteiger partial charge in [-0.25, -0.2) is 0 Å². The number of hydrogen-bond donors (Lipinski definition) is 0. The number of nitro groups is 1. The Kier molecular flexibility index (Phi) is 3.02. The van der Waals surface area contributed by atoms with Gasteiger partial charge in [0.1, 0.15) is 5.75 Å². The molecule has 0 saturated heterocycles. The third-order valence-electron chi connectivity index (χ3n) is 1.67. The highest BCUT2D eigenvalue weighted by Gasteiger charge is 2.33. The molecule has 0 fully saturated rings. The first-order chi connectivity index (χ1) is 7.20. The van der Waals surface area contributed by atoms with Crippen LogP contribution in [0.15, 0.2) is 12.1 Å². The van der Waals surface area contributed by atoms with Gasteiger partial charge in [0.05, 0.1) is 11.0 Å². The van der Waals surface area contributed by atoms with Crippen LogP contribution in [0, 0.1) is 22.9 Å². The van der Waals surface area contributed by atoms with Gasteiger partial charge >= 0.3 is 12.0 Å². The molecule has 0 saturated carbocycles. The van der Waals surface area contributed by atoms with Crippen LogP contribution in [0.4, 0.5) is 23.2 Å². The number of aryl methyl sites for hydroxylation is 1. The fourth-order valence-electron chi connectivity index (χ4n) is 1.02. The van der Waals surface area contributed by atoms with Crippen LogP contribution in [0.25, 0.3) is 0 Å². The van der Waals surface area contributed by atoms with Crippen molar-refractivity contribution in [3.63, 3.8) is 0 Å². The Balaban J connectivity index is 3.20. The maximum atomic E-state index is 12.9. The normalized spacial score (nSPS) is 11.3. The van der Waals surface area contributed by atoms with Crippen molar-refractivity contribution in [1.82, 2.24) is 0 Å². The number of benzene rings is 1. The molecule has 1 aromatic rings. The molecule has 0 aliphatic carbocycles. The van der Waals surface area contributed by atoms with Crippen molar-refractivity contribution in [1.29, 1.82) is 0 Å². The summed E-state index contributed by atoms with van der Waals surface area (Å²) in [5.74, 6) is -2.00. The molecular formula is C8H5F4NO3. The van der Waals surface area contributed by atoms with Crippen LogP contribution in [0.1, 0.15) is 5.56 Å². The minimum atomic E-state index is -4.98. The highest BCUT2D eigenvalue weighted by Crippen LogP contribution is 2.31. The zero-order valence-corrected chi connectivity index (χ0v) is 7.84. The average molecular weight is 239 g/mol. The second kappa shape index (κ2) is 3.95. The molecule has 1 rings (SSSR count). The lowest BCUT2D eigenvalue weighted by atomic mass is 10.2. The molecule has 8 heteroatoms. The van der Waals surface area contributed by atoms with Gasteiger partial charge in [-0.2, -0.15) is 4.39 Å². The standard InChI is InChI=1S/C8H5F4NO3/c1-4-2-5(9)6(13(14)15)3-7(4)16-8(10,11)12/h2-3H,1H3.